The van der Waals surface area contributed by atoms with Crippen LogP contribution in [-0.4, -0.2) is 73.0 Å². The number of amidine groups is 1. The third-order valence-corrected chi connectivity index (χ3v) is 10.3. The van der Waals surface area contributed by atoms with E-state index in [9.17, 15) is 9.36 Å². The Labute approximate surface area is 235 Å². The number of halogens is 6. The zero-order valence-corrected chi connectivity index (χ0v) is 24.0. The smallest absolute Gasteiger partial charge is 0.334 e. The van der Waals surface area contributed by atoms with Crippen LogP contribution in [0.5, 0.6) is 0 Å². The topological polar surface area (TPSA) is 125 Å². The lowest BCUT2D eigenvalue weighted by Crippen LogP contribution is -2.52. The van der Waals surface area contributed by atoms with Gasteiger partial charge in [-0.25, -0.2) is 0 Å². The van der Waals surface area contributed by atoms with Crippen LogP contribution < -0.4 is 11.1 Å². The number of benzene rings is 1. The van der Waals surface area contributed by atoms with Crippen molar-refractivity contribution in [3.8, 4) is 0 Å². The Hall–Kier alpha value is 0.0500. The van der Waals surface area contributed by atoms with Gasteiger partial charge >= 0.3 is 7.60 Å². The van der Waals surface area contributed by atoms with Crippen LogP contribution in [0.2, 0.25) is 0 Å². The fourth-order valence-corrected chi connectivity index (χ4v) is 6.68. The molecule has 7 nitrogen and oxygen atoms in total. The summed E-state index contributed by atoms with van der Waals surface area (Å²) in [5.41, 5.74) is 7.46. The normalized spacial score (nSPS) is 32.0. The number of alkyl halides is 6. The molecule has 14 heteroatoms. The van der Waals surface area contributed by atoms with Crippen LogP contribution in [0, 0.1) is 0 Å². The highest BCUT2D eigenvalue weighted by molar-refractivity contribution is 7.52. The summed E-state index contributed by atoms with van der Waals surface area (Å²) in [7, 11) is -4.20. The van der Waals surface area contributed by atoms with Crippen molar-refractivity contribution in [3.63, 3.8) is 0 Å². The maximum absolute atomic E-state index is 9.84. The maximum atomic E-state index is 9.84. The van der Waals surface area contributed by atoms with E-state index in [1.165, 1.54) is 36.2 Å². The van der Waals surface area contributed by atoms with Gasteiger partial charge in [0.05, 0.1) is 38.8 Å². The van der Waals surface area contributed by atoms with E-state index in [1.54, 1.807) is 0 Å². The molecule has 0 radical (unpaired) electrons. The van der Waals surface area contributed by atoms with Crippen LogP contribution in [0.4, 0.5) is 0 Å². The van der Waals surface area contributed by atoms with E-state index < -0.39 is 51.9 Å². The summed E-state index contributed by atoms with van der Waals surface area (Å²) < 4.78 is 9.84. The van der Waals surface area contributed by atoms with E-state index in [-0.39, 0.29) is 0 Å². The van der Waals surface area contributed by atoms with E-state index >= 15 is 0 Å². The molecule has 1 amide bonds. The summed E-state index contributed by atoms with van der Waals surface area (Å²) in [5, 5.41) is 0.797. The van der Waals surface area contributed by atoms with Gasteiger partial charge in [0, 0.05) is 12.5 Å². The summed E-state index contributed by atoms with van der Waals surface area (Å²) >= 11 is 35.3. The van der Waals surface area contributed by atoms with Gasteiger partial charge in [-0.2, -0.15) is 0 Å². The Balaban J connectivity index is 0.000000196. The van der Waals surface area contributed by atoms with Crippen molar-refractivity contribution in [1.82, 2.24) is 5.32 Å². The van der Waals surface area contributed by atoms with Gasteiger partial charge < -0.3 is 20.8 Å². The first-order chi connectivity index (χ1) is 16.3. The van der Waals surface area contributed by atoms with E-state index in [0.29, 0.717) is 5.92 Å². The third kappa shape index (κ3) is 9.38. The number of amides is 1. The molecule has 0 saturated heterocycles. The maximum Gasteiger partial charge on any atom is 0.334 e. The monoisotopic (exact) mass is 627 g/mol. The molecular formula is C21H28Cl6N3O4P. The van der Waals surface area contributed by atoms with Gasteiger partial charge in [-0.3, -0.25) is 14.4 Å². The minimum Gasteiger partial charge on any atom is -0.371 e. The van der Waals surface area contributed by atoms with E-state index in [0.717, 1.165) is 13.1 Å². The van der Waals surface area contributed by atoms with Crippen molar-refractivity contribution >= 4 is 88.9 Å². The molecule has 1 atom stereocenters. The van der Waals surface area contributed by atoms with Crippen LogP contribution in [-0.2, 0) is 15.8 Å². The van der Waals surface area contributed by atoms with Gasteiger partial charge in [0.25, 0.3) is 0 Å². The molecule has 0 spiro atoms. The average Bonchev–Trinajstić information content (AvgIpc) is 3.34. The third-order valence-electron chi connectivity index (χ3n) is 5.59. The molecule has 4 rings (SSSR count). The van der Waals surface area contributed by atoms with Crippen LogP contribution in [0.1, 0.15) is 29.9 Å². The van der Waals surface area contributed by atoms with Crippen molar-refractivity contribution in [1.29, 1.82) is 0 Å². The van der Waals surface area contributed by atoms with Crippen molar-refractivity contribution in [2.75, 3.05) is 19.3 Å². The first kappa shape index (κ1) is 31.3. The zero-order valence-electron chi connectivity index (χ0n) is 18.5. The summed E-state index contributed by atoms with van der Waals surface area (Å²) in [6.45, 7) is 1.97. The van der Waals surface area contributed by atoms with Gasteiger partial charge in [-0.15, -0.1) is 69.6 Å². The lowest BCUT2D eigenvalue weighted by Gasteiger charge is -2.37. The SMILES string of the molecule is ClC1C(Cl)C(Cl)C(Cl)C(Cl)C1Cl.NC(=O)CP(=O)(O)O.c1ccc2c(c1)CCCC2C1=NCCN1. The summed E-state index contributed by atoms with van der Waals surface area (Å²) in [6, 6.07) is 8.82. The molecule has 2 aliphatic carbocycles. The second kappa shape index (κ2) is 14.3. The van der Waals surface area contributed by atoms with Gasteiger partial charge in [0.2, 0.25) is 5.91 Å². The van der Waals surface area contributed by atoms with Gasteiger partial charge in [0.15, 0.2) is 0 Å². The Morgan fingerprint density at radius 1 is 1.00 bits per heavy atom. The van der Waals surface area contributed by atoms with Crippen LogP contribution in [0.3, 0.4) is 0 Å². The highest BCUT2D eigenvalue weighted by Gasteiger charge is 2.46. The molecule has 1 saturated carbocycles. The van der Waals surface area contributed by atoms with Crippen molar-refractivity contribution in [3.05, 3.63) is 35.4 Å². The molecular weight excluding hydrogens is 602 g/mol. The van der Waals surface area contributed by atoms with Crippen LogP contribution in [0.15, 0.2) is 29.3 Å². The molecule has 3 aliphatic rings. The molecule has 1 aromatic rings. The summed E-state index contributed by atoms with van der Waals surface area (Å²) in [4.78, 5) is 30.3. The number of hydrogen-bond donors (Lipinski definition) is 4. The van der Waals surface area contributed by atoms with Crippen molar-refractivity contribution < 1.29 is 19.1 Å². The molecule has 0 bridgehead atoms. The lowest BCUT2D eigenvalue weighted by atomic mass is 9.82. The fraction of sp³-hybridized carbons (Fsp3) is 0.619. The van der Waals surface area contributed by atoms with Crippen LogP contribution >= 0.6 is 77.2 Å². The number of aliphatic imine (C=N–C) groups is 1. The number of primary amides is 1. The summed E-state index contributed by atoms with van der Waals surface area (Å²) in [6.07, 6.45) is 2.91. The van der Waals surface area contributed by atoms with Crippen molar-refractivity contribution in [2.45, 2.75) is 57.4 Å². The quantitative estimate of drug-likeness (QED) is 0.291. The predicted octanol–water partition coefficient (Wildman–Crippen LogP) is 4.40. The number of rotatable bonds is 3. The van der Waals surface area contributed by atoms with Gasteiger partial charge in [-0.05, 0) is 30.4 Å². The van der Waals surface area contributed by atoms with E-state index in [4.69, 9.17) is 79.4 Å². The number of nitrogens with zero attached hydrogens (tertiary/aromatic N) is 1. The number of carbonyl (C=O) groups is 1. The van der Waals surface area contributed by atoms with Gasteiger partial charge in [0.1, 0.15) is 12.0 Å². The predicted molar refractivity (Wildman–Crippen MR) is 146 cm³/mol. The highest BCUT2D eigenvalue weighted by Crippen LogP contribution is 2.40. The zero-order chi connectivity index (χ0) is 26.3. The standard InChI is InChI=1S/C13H16N2.C6H6Cl6.C2H6NO4P/c1-2-6-11-10(4-1)5-3-7-12(11)13-14-8-9-15-13;7-1-2(8)4(10)6(12)5(11)3(1)9;3-2(4)1-8(5,6)7/h1-2,4,6,12H,3,5,7-9H2,(H,14,15);1-6H;1H2,(H2,3,4)(H2,5,6,7). The lowest BCUT2D eigenvalue weighted by molar-refractivity contribution is -0.115. The molecule has 1 aromatic carbocycles. The Bertz CT molecular complexity index is 878. The molecule has 1 aliphatic heterocycles. The summed E-state index contributed by atoms with van der Waals surface area (Å²) in [5.74, 6) is 0.776. The second-order valence-electron chi connectivity index (χ2n) is 8.29. The molecule has 0 aromatic heterocycles. The molecule has 1 unspecified atom stereocenters. The number of aryl methyl sites for hydroxylation is 1. The minimum absolute atomic E-state index is 0.437. The van der Waals surface area contributed by atoms with Gasteiger partial charge in [-0.1, -0.05) is 24.3 Å². The van der Waals surface area contributed by atoms with Crippen LogP contribution in [0.25, 0.3) is 0 Å². The Morgan fingerprint density at radius 2 is 1.51 bits per heavy atom. The largest absolute Gasteiger partial charge is 0.371 e. The fourth-order valence-electron chi connectivity index (χ4n) is 3.94. The number of carbonyl (C=O) groups excluding carboxylic acids is 1. The molecule has 1 heterocycles. The van der Waals surface area contributed by atoms with Crippen molar-refractivity contribution in [2.24, 2.45) is 10.7 Å². The molecule has 1 fully saturated rings. The van der Waals surface area contributed by atoms with E-state index in [2.05, 4.69) is 40.3 Å². The second-order valence-corrected chi connectivity index (χ2v) is 13.0. The molecule has 35 heavy (non-hydrogen) atoms. The minimum atomic E-state index is -4.20. The van der Waals surface area contributed by atoms with E-state index in [1.807, 2.05) is 0 Å². The Morgan fingerprint density at radius 3 is 1.91 bits per heavy atom. The average molecular weight is 630 g/mol. The number of hydrogen-bond acceptors (Lipinski definition) is 4. The Kier molecular flexibility index (Phi) is 12.8. The number of nitrogens with two attached hydrogens (primary N) is 1. The molecule has 5 N–H and O–H groups in total. The highest BCUT2D eigenvalue weighted by atomic mass is 35.5. The number of fused-ring (bicyclic) bond motifs is 1. The molecule has 198 valence electrons. The number of nitrogens with one attached hydrogen (secondary N) is 1. The first-order valence-corrected chi connectivity index (χ1v) is 15.3. The first-order valence-electron chi connectivity index (χ1n) is 10.9.